The molecule has 2 unspecified atom stereocenters. The van der Waals surface area contributed by atoms with E-state index in [0.29, 0.717) is 24.5 Å². The molecule has 7 heteroatoms. The molecule has 6 nitrogen and oxygen atoms in total. The van der Waals surface area contributed by atoms with E-state index in [2.05, 4.69) is 0 Å². The molecule has 1 saturated heterocycles. The van der Waals surface area contributed by atoms with Gasteiger partial charge in [0.15, 0.2) is 5.12 Å². The molecular weight excluding hydrogens is 294 g/mol. The van der Waals surface area contributed by atoms with Crippen molar-refractivity contribution in [2.45, 2.75) is 25.8 Å². The standard InChI is InChI=1S/C14H17NO5S/c1-9(16)21-8-10-5-13(17)15(7-10)12(14(18)19)6-11-3-2-4-20-11/h2-4,10,12H,5-8H2,1H3,(H,18,19). The predicted octanol–water partition coefficient (Wildman–Crippen LogP) is 1.40. The van der Waals surface area contributed by atoms with Gasteiger partial charge in [-0.3, -0.25) is 9.59 Å². The molecule has 1 fully saturated rings. The molecule has 114 valence electrons. The number of aliphatic carboxylic acids is 1. The van der Waals surface area contributed by atoms with Crippen molar-refractivity contribution in [3.8, 4) is 0 Å². The fourth-order valence-corrected chi connectivity index (χ4v) is 3.10. The molecular formula is C14H17NO5S. The summed E-state index contributed by atoms with van der Waals surface area (Å²) in [6, 6.07) is 2.46. The van der Waals surface area contributed by atoms with Gasteiger partial charge in [-0.25, -0.2) is 4.79 Å². The molecule has 1 aromatic heterocycles. The van der Waals surface area contributed by atoms with Crippen LogP contribution in [0.15, 0.2) is 22.8 Å². The highest BCUT2D eigenvalue weighted by Crippen LogP contribution is 2.25. The zero-order valence-electron chi connectivity index (χ0n) is 11.7. The van der Waals surface area contributed by atoms with Crippen LogP contribution in [0, 0.1) is 5.92 Å². The van der Waals surface area contributed by atoms with Gasteiger partial charge in [-0.05, 0) is 18.1 Å². The maximum atomic E-state index is 12.0. The van der Waals surface area contributed by atoms with E-state index in [4.69, 9.17) is 4.42 Å². The Morgan fingerprint density at radius 3 is 2.90 bits per heavy atom. The first-order valence-corrected chi connectivity index (χ1v) is 7.64. The van der Waals surface area contributed by atoms with Crippen molar-refractivity contribution in [3.05, 3.63) is 24.2 Å². The minimum atomic E-state index is -1.04. The first-order chi connectivity index (χ1) is 9.97. The summed E-state index contributed by atoms with van der Waals surface area (Å²) in [4.78, 5) is 35.8. The quantitative estimate of drug-likeness (QED) is 0.854. The molecule has 0 radical (unpaired) electrons. The van der Waals surface area contributed by atoms with Crippen LogP contribution in [0.2, 0.25) is 0 Å². The minimum Gasteiger partial charge on any atom is -0.480 e. The Kier molecular flexibility index (Phi) is 5.06. The second kappa shape index (κ2) is 6.80. The molecule has 1 aliphatic rings. The molecule has 1 amide bonds. The Hall–Kier alpha value is -1.76. The van der Waals surface area contributed by atoms with Crippen LogP contribution in [-0.4, -0.2) is 45.3 Å². The summed E-state index contributed by atoms with van der Waals surface area (Å²) in [6.07, 6.45) is 1.93. The largest absolute Gasteiger partial charge is 0.480 e. The molecule has 2 atom stereocenters. The number of thioether (sulfide) groups is 1. The third-order valence-corrected chi connectivity index (χ3v) is 4.44. The van der Waals surface area contributed by atoms with E-state index < -0.39 is 12.0 Å². The van der Waals surface area contributed by atoms with Crippen LogP contribution in [0.25, 0.3) is 0 Å². The summed E-state index contributed by atoms with van der Waals surface area (Å²) in [7, 11) is 0. The van der Waals surface area contributed by atoms with E-state index in [1.165, 1.54) is 29.8 Å². The molecule has 1 aliphatic heterocycles. The van der Waals surface area contributed by atoms with E-state index in [-0.39, 0.29) is 23.4 Å². The molecule has 0 saturated carbocycles. The summed E-state index contributed by atoms with van der Waals surface area (Å²) in [5, 5.41) is 9.37. The number of carboxylic acids is 1. The molecule has 0 aliphatic carbocycles. The van der Waals surface area contributed by atoms with Crippen LogP contribution in [0.1, 0.15) is 19.1 Å². The number of rotatable bonds is 6. The van der Waals surface area contributed by atoms with E-state index in [9.17, 15) is 19.5 Å². The second-order valence-corrected chi connectivity index (χ2v) is 6.25. The highest BCUT2D eigenvalue weighted by atomic mass is 32.2. The number of carbonyl (C=O) groups excluding carboxylic acids is 2. The fourth-order valence-electron chi connectivity index (χ4n) is 2.41. The highest BCUT2D eigenvalue weighted by molar-refractivity contribution is 8.13. The highest BCUT2D eigenvalue weighted by Gasteiger charge is 2.38. The van der Waals surface area contributed by atoms with Gasteiger partial charge < -0.3 is 14.4 Å². The lowest BCUT2D eigenvalue weighted by Gasteiger charge is -2.24. The van der Waals surface area contributed by atoms with E-state index in [1.54, 1.807) is 12.1 Å². The Bertz CT molecular complexity index is 527. The Labute approximate surface area is 126 Å². The number of nitrogens with zero attached hydrogens (tertiary/aromatic N) is 1. The van der Waals surface area contributed by atoms with Gasteiger partial charge in [0.2, 0.25) is 5.91 Å². The fraction of sp³-hybridized carbons (Fsp3) is 0.500. The van der Waals surface area contributed by atoms with Crippen molar-refractivity contribution in [2.75, 3.05) is 12.3 Å². The normalized spacial score (nSPS) is 19.8. The molecule has 21 heavy (non-hydrogen) atoms. The summed E-state index contributed by atoms with van der Waals surface area (Å²) < 4.78 is 5.16. The van der Waals surface area contributed by atoms with Crippen LogP contribution in [0.3, 0.4) is 0 Å². The molecule has 2 heterocycles. The van der Waals surface area contributed by atoms with Crippen molar-refractivity contribution in [1.29, 1.82) is 0 Å². The van der Waals surface area contributed by atoms with Gasteiger partial charge in [0.1, 0.15) is 11.8 Å². The van der Waals surface area contributed by atoms with Gasteiger partial charge in [0.05, 0.1) is 6.26 Å². The third-order valence-electron chi connectivity index (χ3n) is 3.40. The van der Waals surface area contributed by atoms with Crippen LogP contribution in [0.4, 0.5) is 0 Å². The number of furan rings is 1. The zero-order valence-corrected chi connectivity index (χ0v) is 12.5. The summed E-state index contributed by atoms with van der Waals surface area (Å²) >= 11 is 1.17. The molecule has 0 bridgehead atoms. The van der Waals surface area contributed by atoms with E-state index in [0.717, 1.165) is 0 Å². The van der Waals surface area contributed by atoms with Gasteiger partial charge in [-0.2, -0.15) is 0 Å². The Morgan fingerprint density at radius 2 is 2.33 bits per heavy atom. The maximum Gasteiger partial charge on any atom is 0.326 e. The van der Waals surface area contributed by atoms with E-state index in [1.807, 2.05) is 0 Å². The van der Waals surface area contributed by atoms with Crippen molar-refractivity contribution < 1.29 is 23.9 Å². The maximum absolute atomic E-state index is 12.0. The minimum absolute atomic E-state index is 0.00580. The zero-order chi connectivity index (χ0) is 15.4. The van der Waals surface area contributed by atoms with Crippen LogP contribution < -0.4 is 0 Å². The number of amides is 1. The van der Waals surface area contributed by atoms with Crippen molar-refractivity contribution >= 4 is 28.8 Å². The van der Waals surface area contributed by atoms with Gasteiger partial charge >= 0.3 is 5.97 Å². The van der Waals surface area contributed by atoms with Crippen LogP contribution in [-0.2, 0) is 20.8 Å². The smallest absolute Gasteiger partial charge is 0.326 e. The predicted molar refractivity (Wildman–Crippen MR) is 76.8 cm³/mol. The molecule has 1 aromatic rings. The lowest BCUT2D eigenvalue weighted by molar-refractivity contribution is -0.148. The number of carboxylic acid groups (broad SMARTS) is 1. The topological polar surface area (TPSA) is 87.8 Å². The van der Waals surface area contributed by atoms with Gasteiger partial charge in [0.25, 0.3) is 0 Å². The third kappa shape index (κ3) is 4.10. The monoisotopic (exact) mass is 311 g/mol. The van der Waals surface area contributed by atoms with Crippen LogP contribution >= 0.6 is 11.8 Å². The molecule has 2 rings (SSSR count). The lowest BCUT2D eigenvalue weighted by atomic mass is 10.1. The van der Waals surface area contributed by atoms with E-state index >= 15 is 0 Å². The first-order valence-electron chi connectivity index (χ1n) is 6.65. The van der Waals surface area contributed by atoms with Gasteiger partial charge in [-0.1, -0.05) is 11.8 Å². The SMILES string of the molecule is CC(=O)SCC1CC(=O)N(C(Cc2ccco2)C(=O)O)C1. The lowest BCUT2D eigenvalue weighted by Crippen LogP contribution is -2.43. The van der Waals surface area contributed by atoms with Crippen LogP contribution in [0.5, 0.6) is 0 Å². The number of likely N-dealkylation sites (tertiary alicyclic amines) is 1. The number of hydrogen-bond acceptors (Lipinski definition) is 5. The Morgan fingerprint density at radius 1 is 1.57 bits per heavy atom. The van der Waals surface area contributed by atoms with Gasteiger partial charge in [-0.15, -0.1) is 0 Å². The van der Waals surface area contributed by atoms with Crippen molar-refractivity contribution in [2.24, 2.45) is 5.92 Å². The average molecular weight is 311 g/mol. The van der Waals surface area contributed by atoms with Crippen molar-refractivity contribution in [1.82, 2.24) is 4.90 Å². The van der Waals surface area contributed by atoms with Gasteiger partial charge in [0, 0.05) is 32.1 Å². The summed E-state index contributed by atoms with van der Waals surface area (Å²) in [6.45, 7) is 1.85. The number of carbonyl (C=O) groups is 3. The molecule has 1 N–H and O–H groups in total. The Balaban J connectivity index is 2.01. The average Bonchev–Trinajstić information content (AvgIpc) is 3.03. The number of hydrogen-bond donors (Lipinski definition) is 1. The second-order valence-electron chi connectivity index (χ2n) is 5.06. The first kappa shape index (κ1) is 15.6. The summed E-state index contributed by atoms with van der Waals surface area (Å²) in [5.41, 5.74) is 0. The molecule has 0 spiro atoms. The summed E-state index contributed by atoms with van der Waals surface area (Å²) in [5.74, 6) is -0.116. The molecule has 0 aromatic carbocycles. The van der Waals surface area contributed by atoms with Crippen molar-refractivity contribution in [3.63, 3.8) is 0 Å².